The van der Waals surface area contributed by atoms with Gasteiger partial charge in [-0.3, -0.25) is 37.3 Å². The van der Waals surface area contributed by atoms with Crippen LogP contribution < -0.4 is 0 Å². The van der Waals surface area contributed by atoms with Crippen molar-refractivity contribution in [3.8, 4) is 0 Å². The molecule has 0 aromatic carbocycles. The van der Waals surface area contributed by atoms with Crippen LogP contribution in [0.4, 0.5) is 0 Å². The van der Waals surface area contributed by atoms with Gasteiger partial charge in [0.05, 0.1) is 26.4 Å². The molecule has 0 aromatic heterocycles. The molecule has 0 radical (unpaired) electrons. The molecule has 0 fully saturated rings. The molecule has 0 amide bonds. The molecule has 17 nitrogen and oxygen atoms in total. The van der Waals surface area contributed by atoms with Crippen LogP contribution in [-0.2, 0) is 65.4 Å². The maximum absolute atomic E-state index is 13.0. The number of aliphatic hydroxyl groups excluding tert-OH is 1. The molecular weight excluding hydrogens is 1200 g/mol. The third kappa shape index (κ3) is 66.5. The second-order valence-electron chi connectivity index (χ2n) is 27.9. The molecule has 0 bridgehead atoms. The van der Waals surface area contributed by atoms with Crippen LogP contribution in [0.2, 0.25) is 0 Å². The van der Waals surface area contributed by atoms with Crippen LogP contribution in [0.5, 0.6) is 0 Å². The maximum Gasteiger partial charge on any atom is 0.472 e. The van der Waals surface area contributed by atoms with E-state index in [0.29, 0.717) is 31.6 Å². The van der Waals surface area contributed by atoms with Crippen LogP contribution in [0.3, 0.4) is 0 Å². The quantitative estimate of drug-likeness (QED) is 0.0222. The molecule has 0 aliphatic heterocycles. The number of rotatable bonds is 69. The molecule has 3 unspecified atom stereocenters. The Bertz CT molecular complexity index is 1800. The fourth-order valence-corrected chi connectivity index (χ4v) is 12.4. The summed E-state index contributed by atoms with van der Waals surface area (Å²) < 4.78 is 68.3. The van der Waals surface area contributed by atoms with Gasteiger partial charge in [-0.2, -0.15) is 0 Å². The Morgan fingerprint density at radius 1 is 0.275 bits per heavy atom. The number of aliphatic hydroxyl groups is 1. The minimum atomic E-state index is -4.95. The van der Waals surface area contributed by atoms with E-state index in [1.807, 2.05) is 0 Å². The van der Waals surface area contributed by atoms with Crippen LogP contribution in [0.1, 0.15) is 357 Å². The number of hydrogen-bond acceptors (Lipinski definition) is 15. The Labute approximate surface area is 556 Å². The Morgan fingerprint density at radius 3 is 0.681 bits per heavy atom. The van der Waals surface area contributed by atoms with Gasteiger partial charge in [-0.05, 0) is 49.4 Å². The van der Waals surface area contributed by atoms with Gasteiger partial charge in [0.15, 0.2) is 12.2 Å². The predicted octanol–water partition coefficient (Wildman–Crippen LogP) is 20.5. The Balaban J connectivity index is 5.20. The summed E-state index contributed by atoms with van der Waals surface area (Å²) in [4.78, 5) is 72.6. The zero-order chi connectivity index (χ0) is 67.5. The standard InChI is InChI=1S/C72H140O17P2/c1-62(2)48-40-32-24-18-14-12-10-9-11-13-15-21-28-38-46-54-71(76)88-68(59-83-70(75)53-45-37-31-30-35-43-51-65(7)8)61-87-91(80,81)85-57-66(73)56-84-90(78,79)86-60-67(89-72(77)55-47-39-29-23-22-26-34-42-50-64(5)6)58-82-69(74)52-44-36-27-20-17-16-19-25-33-41-49-63(3)4/h62-68,73H,9-61H2,1-8H3,(H,78,79)(H,80,81)/t66?,67-,68-/m1/s1. The Kier molecular flexibility index (Phi) is 60.3. The molecule has 0 rings (SSSR count). The molecule has 540 valence electrons. The number of ether oxygens (including phenoxy) is 4. The molecule has 0 spiro atoms. The van der Waals surface area contributed by atoms with Crippen LogP contribution in [0.15, 0.2) is 0 Å². The summed E-state index contributed by atoms with van der Waals surface area (Å²) >= 11 is 0. The smallest absolute Gasteiger partial charge is 0.462 e. The lowest BCUT2D eigenvalue weighted by Gasteiger charge is -2.21. The summed E-state index contributed by atoms with van der Waals surface area (Å²) in [5.74, 6) is 0.829. The highest BCUT2D eigenvalue weighted by Gasteiger charge is 2.30. The highest BCUT2D eigenvalue weighted by Crippen LogP contribution is 2.45. The molecule has 0 saturated heterocycles. The van der Waals surface area contributed by atoms with Crippen LogP contribution in [-0.4, -0.2) is 96.7 Å². The van der Waals surface area contributed by atoms with Crippen LogP contribution in [0, 0.1) is 23.7 Å². The van der Waals surface area contributed by atoms with E-state index >= 15 is 0 Å². The first-order chi connectivity index (χ1) is 43.6. The third-order valence-electron chi connectivity index (χ3n) is 16.6. The van der Waals surface area contributed by atoms with E-state index < -0.39 is 97.5 Å². The Morgan fingerprint density at radius 2 is 0.462 bits per heavy atom. The summed E-state index contributed by atoms with van der Waals surface area (Å²) in [6.07, 6.45) is 44.7. The molecule has 0 aliphatic rings. The van der Waals surface area contributed by atoms with Gasteiger partial charge in [-0.15, -0.1) is 0 Å². The van der Waals surface area contributed by atoms with E-state index in [1.165, 1.54) is 154 Å². The van der Waals surface area contributed by atoms with Gasteiger partial charge in [0.2, 0.25) is 0 Å². The SMILES string of the molecule is CC(C)CCCCCCCCCCCCCCCCCC(=O)O[C@H](COC(=O)CCCCCCCCC(C)C)COP(=O)(O)OCC(O)COP(=O)(O)OC[C@@H](COC(=O)CCCCCCCCCCCCC(C)C)OC(=O)CCCCCCCCCCC(C)C. The summed E-state index contributed by atoms with van der Waals surface area (Å²) in [5.41, 5.74) is 0. The van der Waals surface area contributed by atoms with Crippen molar-refractivity contribution in [1.29, 1.82) is 0 Å². The minimum absolute atomic E-state index is 0.104. The lowest BCUT2D eigenvalue weighted by Crippen LogP contribution is -2.30. The number of carbonyl (C=O) groups excluding carboxylic acids is 4. The largest absolute Gasteiger partial charge is 0.472 e. The number of phosphoric ester groups is 2. The van der Waals surface area contributed by atoms with Crippen molar-refractivity contribution in [2.75, 3.05) is 39.6 Å². The van der Waals surface area contributed by atoms with Gasteiger partial charge in [0, 0.05) is 25.7 Å². The minimum Gasteiger partial charge on any atom is -0.462 e. The lowest BCUT2D eigenvalue weighted by atomic mass is 10.0. The fourth-order valence-electron chi connectivity index (χ4n) is 10.8. The summed E-state index contributed by atoms with van der Waals surface area (Å²) in [7, 11) is -9.90. The monoisotopic (exact) mass is 1340 g/mol. The van der Waals surface area contributed by atoms with Crippen molar-refractivity contribution in [3.05, 3.63) is 0 Å². The molecule has 5 atom stereocenters. The number of carbonyl (C=O) groups is 4. The molecule has 0 aliphatic carbocycles. The van der Waals surface area contributed by atoms with E-state index in [9.17, 15) is 43.2 Å². The highest BCUT2D eigenvalue weighted by atomic mass is 31.2. The average molecular weight is 1340 g/mol. The predicted molar refractivity (Wildman–Crippen MR) is 367 cm³/mol. The lowest BCUT2D eigenvalue weighted by molar-refractivity contribution is -0.161. The number of hydrogen-bond donors (Lipinski definition) is 3. The summed E-state index contributed by atoms with van der Waals surface area (Å²) in [6.45, 7) is 14.1. The fraction of sp³-hybridized carbons (Fsp3) is 0.944. The van der Waals surface area contributed by atoms with Crippen molar-refractivity contribution in [2.45, 2.75) is 375 Å². The molecule has 0 heterocycles. The van der Waals surface area contributed by atoms with Crippen molar-refractivity contribution < 1.29 is 80.2 Å². The topological polar surface area (TPSA) is 237 Å². The first-order valence-electron chi connectivity index (χ1n) is 37.2. The van der Waals surface area contributed by atoms with Crippen molar-refractivity contribution in [2.24, 2.45) is 23.7 Å². The van der Waals surface area contributed by atoms with Gasteiger partial charge in [-0.25, -0.2) is 9.13 Å². The number of esters is 4. The average Bonchev–Trinajstić information content (AvgIpc) is 1.98. The van der Waals surface area contributed by atoms with Crippen molar-refractivity contribution >= 4 is 39.5 Å². The van der Waals surface area contributed by atoms with E-state index in [1.54, 1.807) is 0 Å². The van der Waals surface area contributed by atoms with Gasteiger partial charge in [-0.1, -0.05) is 306 Å². The van der Waals surface area contributed by atoms with Crippen LogP contribution in [0.25, 0.3) is 0 Å². The second kappa shape index (κ2) is 61.6. The van der Waals surface area contributed by atoms with Gasteiger partial charge < -0.3 is 33.8 Å². The van der Waals surface area contributed by atoms with E-state index in [2.05, 4.69) is 55.4 Å². The van der Waals surface area contributed by atoms with E-state index in [4.69, 9.17) is 37.0 Å². The normalized spacial score (nSPS) is 14.2. The van der Waals surface area contributed by atoms with E-state index in [0.717, 1.165) is 114 Å². The van der Waals surface area contributed by atoms with Crippen LogP contribution >= 0.6 is 15.6 Å². The van der Waals surface area contributed by atoms with Gasteiger partial charge in [0.25, 0.3) is 0 Å². The number of unbranched alkanes of at least 4 members (excludes halogenated alkanes) is 35. The van der Waals surface area contributed by atoms with Crippen molar-refractivity contribution in [1.82, 2.24) is 0 Å². The maximum atomic E-state index is 13.0. The number of phosphoric acid groups is 2. The Hall–Kier alpha value is -1.94. The first kappa shape index (κ1) is 89.1. The molecule has 0 aromatic rings. The summed E-state index contributed by atoms with van der Waals surface area (Å²) in [5, 5.41) is 10.6. The van der Waals surface area contributed by atoms with Gasteiger partial charge >= 0.3 is 39.5 Å². The zero-order valence-electron chi connectivity index (χ0n) is 59.5. The summed E-state index contributed by atoms with van der Waals surface area (Å²) in [6, 6.07) is 0. The zero-order valence-corrected chi connectivity index (χ0v) is 61.3. The second-order valence-corrected chi connectivity index (χ2v) is 30.8. The molecule has 91 heavy (non-hydrogen) atoms. The molecular formula is C72H140O17P2. The van der Waals surface area contributed by atoms with Gasteiger partial charge in [0.1, 0.15) is 19.3 Å². The van der Waals surface area contributed by atoms with E-state index in [-0.39, 0.29) is 25.7 Å². The first-order valence-corrected chi connectivity index (χ1v) is 40.2. The molecule has 19 heteroatoms. The molecule has 3 N–H and O–H groups in total. The molecule has 0 saturated carbocycles. The van der Waals surface area contributed by atoms with Crippen molar-refractivity contribution in [3.63, 3.8) is 0 Å². The highest BCUT2D eigenvalue weighted by molar-refractivity contribution is 7.47. The third-order valence-corrected chi connectivity index (χ3v) is 18.5.